The Bertz CT molecular complexity index is 2390. The Morgan fingerprint density at radius 2 is 0.907 bits per heavy atom. The molecule has 0 bridgehead atoms. The minimum absolute atomic E-state index is 1.16. The zero-order valence-electron chi connectivity index (χ0n) is 23.4. The molecule has 0 saturated carbocycles. The molecular formula is C41H26N2. The van der Waals surface area contributed by atoms with Gasteiger partial charge in [0, 0.05) is 28.6 Å². The summed E-state index contributed by atoms with van der Waals surface area (Å²) in [5, 5.41) is 9.91. The zero-order chi connectivity index (χ0) is 28.3. The minimum Gasteiger partial charge on any atom is -0.309 e. The Balaban J connectivity index is 1.40. The van der Waals surface area contributed by atoms with E-state index in [9.17, 15) is 0 Å². The average molecular weight is 547 g/mol. The van der Waals surface area contributed by atoms with Crippen LogP contribution in [0, 0.1) is 0 Å². The van der Waals surface area contributed by atoms with Crippen LogP contribution in [0.2, 0.25) is 0 Å². The molecule has 9 rings (SSSR count). The van der Waals surface area contributed by atoms with Crippen molar-refractivity contribution in [2.45, 2.75) is 0 Å². The lowest BCUT2D eigenvalue weighted by atomic mass is 9.84. The van der Waals surface area contributed by atoms with Gasteiger partial charge < -0.3 is 4.57 Å². The molecule has 0 aliphatic carbocycles. The fourth-order valence-corrected chi connectivity index (χ4v) is 7.11. The first kappa shape index (κ1) is 23.9. The van der Waals surface area contributed by atoms with Gasteiger partial charge in [-0.05, 0) is 67.4 Å². The molecule has 2 nitrogen and oxygen atoms in total. The molecule has 0 N–H and O–H groups in total. The van der Waals surface area contributed by atoms with Crippen LogP contribution in [0.4, 0.5) is 0 Å². The summed E-state index contributed by atoms with van der Waals surface area (Å²) >= 11 is 0. The average Bonchev–Trinajstić information content (AvgIpc) is 3.41. The monoisotopic (exact) mass is 546 g/mol. The summed E-state index contributed by atoms with van der Waals surface area (Å²) in [4.78, 5) is 4.46. The van der Waals surface area contributed by atoms with Crippen molar-refractivity contribution in [3.8, 4) is 27.9 Å². The molecule has 0 amide bonds. The van der Waals surface area contributed by atoms with Crippen LogP contribution in [-0.4, -0.2) is 9.55 Å². The van der Waals surface area contributed by atoms with Crippen molar-refractivity contribution in [3.05, 3.63) is 158 Å². The Labute approximate surface area is 249 Å². The second kappa shape index (κ2) is 9.40. The van der Waals surface area contributed by atoms with Crippen LogP contribution in [0.1, 0.15) is 0 Å². The van der Waals surface area contributed by atoms with Gasteiger partial charge in [-0.2, -0.15) is 0 Å². The molecule has 9 aromatic rings. The summed E-state index contributed by atoms with van der Waals surface area (Å²) in [7, 11) is 0. The molecule has 0 saturated heterocycles. The number of benzene rings is 7. The van der Waals surface area contributed by atoms with Crippen LogP contribution in [-0.2, 0) is 0 Å². The molecular weight excluding hydrogens is 520 g/mol. The summed E-state index contributed by atoms with van der Waals surface area (Å²) in [6.07, 6.45) is 3.87. The van der Waals surface area contributed by atoms with Crippen molar-refractivity contribution in [2.24, 2.45) is 0 Å². The first-order valence-corrected chi connectivity index (χ1v) is 14.7. The third kappa shape index (κ3) is 3.50. The van der Waals surface area contributed by atoms with E-state index in [0.717, 1.165) is 5.52 Å². The van der Waals surface area contributed by atoms with Gasteiger partial charge in [-0.15, -0.1) is 0 Å². The second-order valence-corrected chi connectivity index (χ2v) is 11.1. The largest absolute Gasteiger partial charge is 0.309 e. The van der Waals surface area contributed by atoms with Crippen LogP contribution in [0.25, 0.3) is 82.1 Å². The first-order valence-electron chi connectivity index (χ1n) is 14.7. The van der Waals surface area contributed by atoms with Crippen LogP contribution in [0.3, 0.4) is 0 Å². The fourth-order valence-electron chi connectivity index (χ4n) is 7.11. The van der Waals surface area contributed by atoms with Crippen LogP contribution in [0.5, 0.6) is 0 Å². The first-order chi connectivity index (χ1) is 21.4. The van der Waals surface area contributed by atoms with Crippen molar-refractivity contribution in [1.29, 1.82) is 0 Å². The molecule has 7 aromatic carbocycles. The summed E-state index contributed by atoms with van der Waals surface area (Å²) < 4.78 is 2.40. The van der Waals surface area contributed by atoms with Gasteiger partial charge in [-0.3, -0.25) is 4.98 Å². The Hall–Kier alpha value is -5.73. The van der Waals surface area contributed by atoms with Gasteiger partial charge >= 0.3 is 0 Å². The van der Waals surface area contributed by atoms with Gasteiger partial charge in [0.25, 0.3) is 0 Å². The molecule has 2 heteroatoms. The van der Waals surface area contributed by atoms with E-state index in [1.807, 2.05) is 12.4 Å². The van der Waals surface area contributed by atoms with E-state index in [-0.39, 0.29) is 0 Å². The lowest BCUT2D eigenvalue weighted by molar-refractivity contribution is 1.19. The normalized spacial score (nSPS) is 11.7. The topological polar surface area (TPSA) is 17.8 Å². The summed E-state index contributed by atoms with van der Waals surface area (Å²) in [5.74, 6) is 0. The van der Waals surface area contributed by atoms with Crippen LogP contribution < -0.4 is 0 Å². The molecule has 0 fully saturated rings. The van der Waals surface area contributed by atoms with Crippen LogP contribution in [0.15, 0.2) is 158 Å². The molecule has 0 unspecified atom stereocenters. The van der Waals surface area contributed by atoms with E-state index < -0.39 is 0 Å². The quantitative estimate of drug-likeness (QED) is 0.202. The van der Waals surface area contributed by atoms with Crippen molar-refractivity contribution in [2.75, 3.05) is 0 Å². The maximum atomic E-state index is 4.46. The fraction of sp³-hybridized carbons (Fsp3) is 0. The predicted molar refractivity (Wildman–Crippen MR) is 182 cm³/mol. The highest BCUT2D eigenvalue weighted by Gasteiger charge is 2.20. The summed E-state index contributed by atoms with van der Waals surface area (Å²) in [5.41, 5.74) is 8.57. The molecule has 2 heterocycles. The van der Waals surface area contributed by atoms with Gasteiger partial charge in [-0.1, -0.05) is 127 Å². The van der Waals surface area contributed by atoms with Gasteiger partial charge in [0.05, 0.1) is 16.7 Å². The lowest BCUT2D eigenvalue weighted by Crippen LogP contribution is -1.97. The smallest absolute Gasteiger partial charge is 0.0572 e. The standard InChI is InChI=1S/C41H26N2/c1-2-12-27(13-3-1)40-31-17-6-8-19-33(31)41(34-20-9-7-18-32(34)40)35-22-23-38(29-15-5-4-14-28(29)35)43-37-21-11-10-16-30(37)36-26-42-25-24-39(36)43/h1-26H. The number of fused-ring (bicyclic) bond motifs is 6. The highest BCUT2D eigenvalue weighted by Crippen LogP contribution is 2.46. The number of nitrogens with zero attached hydrogens (tertiary/aromatic N) is 2. The molecule has 2 aromatic heterocycles. The Kier molecular flexibility index (Phi) is 5.23. The number of hydrogen-bond donors (Lipinski definition) is 0. The molecule has 43 heavy (non-hydrogen) atoms. The van der Waals surface area contributed by atoms with Gasteiger partial charge in [0.1, 0.15) is 0 Å². The van der Waals surface area contributed by atoms with Gasteiger partial charge in [-0.25, -0.2) is 0 Å². The highest BCUT2D eigenvalue weighted by molar-refractivity contribution is 6.24. The zero-order valence-corrected chi connectivity index (χ0v) is 23.4. The SMILES string of the molecule is c1ccc(-c2c3ccccc3c(-c3ccc(-n4c5ccccc5c5cnccc54)c4ccccc34)c3ccccc23)cc1. The van der Waals surface area contributed by atoms with Crippen LogP contribution >= 0.6 is 0 Å². The number of aromatic nitrogens is 2. The Morgan fingerprint density at radius 3 is 1.60 bits per heavy atom. The number of pyridine rings is 1. The van der Waals surface area contributed by atoms with E-state index in [2.05, 4.69) is 155 Å². The Morgan fingerprint density at radius 1 is 0.372 bits per heavy atom. The minimum atomic E-state index is 1.16. The van der Waals surface area contributed by atoms with Crippen molar-refractivity contribution in [1.82, 2.24) is 9.55 Å². The lowest BCUT2D eigenvalue weighted by Gasteiger charge is -2.20. The van der Waals surface area contributed by atoms with E-state index in [4.69, 9.17) is 0 Å². The molecule has 0 aliphatic heterocycles. The number of rotatable bonds is 3. The second-order valence-electron chi connectivity index (χ2n) is 11.1. The molecule has 200 valence electrons. The summed E-state index contributed by atoms with van der Waals surface area (Å²) in [6.45, 7) is 0. The number of hydrogen-bond acceptors (Lipinski definition) is 1. The molecule has 0 atom stereocenters. The van der Waals surface area contributed by atoms with Crippen molar-refractivity contribution >= 4 is 54.1 Å². The predicted octanol–water partition coefficient (Wildman–Crippen LogP) is 11.0. The molecule has 0 aliphatic rings. The van der Waals surface area contributed by atoms with Crippen molar-refractivity contribution in [3.63, 3.8) is 0 Å². The molecule has 0 spiro atoms. The van der Waals surface area contributed by atoms with E-state index in [1.54, 1.807) is 0 Å². The summed E-state index contributed by atoms with van der Waals surface area (Å²) in [6, 6.07) is 52.8. The van der Waals surface area contributed by atoms with E-state index in [0.29, 0.717) is 0 Å². The van der Waals surface area contributed by atoms with Crippen molar-refractivity contribution < 1.29 is 0 Å². The van der Waals surface area contributed by atoms with Gasteiger partial charge in [0.2, 0.25) is 0 Å². The highest BCUT2D eigenvalue weighted by atomic mass is 15.0. The molecule has 0 radical (unpaired) electrons. The number of para-hydroxylation sites is 1. The third-order valence-electron chi connectivity index (χ3n) is 8.88. The van der Waals surface area contributed by atoms with Gasteiger partial charge in [0.15, 0.2) is 0 Å². The van der Waals surface area contributed by atoms with E-state index >= 15 is 0 Å². The third-order valence-corrected chi connectivity index (χ3v) is 8.88. The van der Waals surface area contributed by atoms with E-state index in [1.165, 1.54) is 76.5 Å². The maximum Gasteiger partial charge on any atom is 0.0572 e. The maximum absolute atomic E-state index is 4.46.